The minimum atomic E-state index is -0.404. The molecule has 3 nitrogen and oxygen atoms in total. The number of benzene rings is 1. The number of hydrogen-bond acceptors (Lipinski definition) is 2. The predicted molar refractivity (Wildman–Crippen MR) is 54.5 cm³/mol. The van der Waals surface area contributed by atoms with Gasteiger partial charge in [-0.05, 0) is 33.5 Å². The monoisotopic (exact) mass is 242 g/mol. The highest BCUT2D eigenvalue weighted by Crippen LogP contribution is 2.27. The quantitative estimate of drug-likeness (QED) is 0.590. The van der Waals surface area contributed by atoms with E-state index in [2.05, 4.69) is 15.9 Å². The summed E-state index contributed by atoms with van der Waals surface area (Å²) >= 11 is 3.16. The van der Waals surface area contributed by atoms with Crippen molar-refractivity contribution < 1.29 is 4.92 Å². The molecule has 0 unspecified atom stereocenters. The molecule has 1 aromatic carbocycles. The molecule has 0 bridgehead atoms. The van der Waals surface area contributed by atoms with E-state index in [-0.39, 0.29) is 5.69 Å². The molecule has 13 heavy (non-hydrogen) atoms. The van der Waals surface area contributed by atoms with Gasteiger partial charge >= 0.3 is 0 Å². The van der Waals surface area contributed by atoms with Gasteiger partial charge in [0.05, 0.1) is 9.40 Å². The van der Waals surface area contributed by atoms with Gasteiger partial charge in [-0.15, -0.1) is 0 Å². The third kappa shape index (κ3) is 2.28. The normalized spacial score (nSPS) is 10.5. The van der Waals surface area contributed by atoms with Crippen LogP contribution in [0.5, 0.6) is 0 Å². The topological polar surface area (TPSA) is 43.1 Å². The first-order valence-corrected chi connectivity index (χ1v) is 4.56. The van der Waals surface area contributed by atoms with Crippen molar-refractivity contribution in [1.29, 1.82) is 0 Å². The van der Waals surface area contributed by atoms with Crippen LogP contribution in [0.15, 0.2) is 22.7 Å². The van der Waals surface area contributed by atoms with Crippen molar-refractivity contribution in [2.45, 2.75) is 13.8 Å². The largest absolute Gasteiger partial charge is 0.283 e. The standard InChI is InChI=1S/C9H9BrNO2/c1-6(2)7-3-4-9(11(12)13)8(10)5-7/h3-5H,1-2H3. The Morgan fingerprint density at radius 3 is 2.46 bits per heavy atom. The van der Waals surface area contributed by atoms with Gasteiger partial charge in [0, 0.05) is 6.07 Å². The van der Waals surface area contributed by atoms with Crippen molar-refractivity contribution in [2.75, 3.05) is 0 Å². The van der Waals surface area contributed by atoms with Crippen molar-refractivity contribution in [2.24, 2.45) is 0 Å². The van der Waals surface area contributed by atoms with E-state index in [1.165, 1.54) is 6.07 Å². The van der Waals surface area contributed by atoms with Crippen LogP contribution in [0.4, 0.5) is 5.69 Å². The van der Waals surface area contributed by atoms with Crippen molar-refractivity contribution in [3.05, 3.63) is 44.3 Å². The molecule has 0 aliphatic heterocycles. The fourth-order valence-corrected chi connectivity index (χ4v) is 1.49. The number of halogens is 1. The number of nitro groups is 1. The molecule has 0 saturated carbocycles. The summed E-state index contributed by atoms with van der Waals surface area (Å²) in [4.78, 5) is 10.1. The van der Waals surface area contributed by atoms with E-state index < -0.39 is 4.92 Å². The molecular weight excluding hydrogens is 234 g/mol. The summed E-state index contributed by atoms with van der Waals surface area (Å²) in [5, 5.41) is 10.5. The van der Waals surface area contributed by atoms with Crippen LogP contribution < -0.4 is 0 Å². The number of nitrogens with zero attached hydrogens (tertiary/aromatic N) is 1. The fourth-order valence-electron chi connectivity index (χ4n) is 0.966. The van der Waals surface area contributed by atoms with E-state index in [9.17, 15) is 10.1 Å². The maximum Gasteiger partial charge on any atom is 0.283 e. The summed E-state index contributed by atoms with van der Waals surface area (Å²) in [5.41, 5.74) is 1.11. The van der Waals surface area contributed by atoms with Gasteiger partial charge in [-0.2, -0.15) is 0 Å². The van der Waals surface area contributed by atoms with E-state index >= 15 is 0 Å². The molecule has 0 saturated heterocycles. The van der Waals surface area contributed by atoms with Gasteiger partial charge in [-0.1, -0.05) is 19.9 Å². The smallest absolute Gasteiger partial charge is 0.258 e. The second-order valence-corrected chi connectivity index (χ2v) is 3.78. The van der Waals surface area contributed by atoms with Crippen LogP contribution in [0.3, 0.4) is 0 Å². The lowest BCUT2D eigenvalue weighted by atomic mass is 10.0. The maximum absolute atomic E-state index is 10.5. The zero-order valence-electron chi connectivity index (χ0n) is 7.37. The van der Waals surface area contributed by atoms with E-state index in [4.69, 9.17) is 0 Å². The molecule has 0 atom stereocenters. The molecule has 0 aromatic heterocycles. The Bertz CT molecular complexity index is 336. The van der Waals surface area contributed by atoms with E-state index in [0.29, 0.717) is 4.47 Å². The van der Waals surface area contributed by atoms with Gasteiger partial charge in [0.25, 0.3) is 5.69 Å². The zero-order chi connectivity index (χ0) is 10.0. The van der Waals surface area contributed by atoms with Gasteiger partial charge in [0.2, 0.25) is 0 Å². The lowest BCUT2D eigenvalue weighted by Crippen LogP contribution is -1.92. The Kier molecular flexibility index (Phi) is 3.03. The number of rotatable bonds is 2. The van der Waals surface area contributed by atoms with Crippen LogP contribution in [-0.4, -0.2) is 4.92 Å². The minimum absolute atomic E-state index is 0.102. The van der Waals surface area contributed by atoms with Crippen LogP contribution in [0.2, 0.25) is 0 Å². The molecule has 1 rings (SSSR count). The average molecular weight is 243 g/mol. The van der Waals surface area contributed by atoms with Crippen molar-refractivity contribution in [3.63, 3.8) is 0 Å². The summed E-state index contributed by atoms with van der Waals surface area (Å²) in [6.07, 6.45) is 0. The number of hydrogen-bond donors (Lipinski definition) is 0. The fraction of sp³-hybridized carbons (Fsp3) is 0.222. The summed E-state index contributed by atoms with van der Waals surface area (Å²) < 4.78 is 0.524. The van der Waals surface area contributed by atoms with Gasteiger partial charge < -0.3 is 0 Å². The first kappa shape index (κ1) is 10.2. The molecule has 0 spiro atoms. The van der Waals surface area contributed by atoms with Crippen LogP contribution in [-0.2, 0) is 0 Å². The summed E-state index contributed by atoms with van der Waals surface area (Å²) in [6, 6.07) is 5.01. The molecule has 0 aliphatic rings. The van der Waals surface area contributed by atoms with Crippen molar-refractivity contribution >= 4 is 21.6 Å². The Labute approximate surface area is 85.0 Å². The Morgan fingerprint density at radius 1 is 1.46 bits per heavy atom. The molecule has 0 amide bonds. The third-order valence-electron chi connectivity index (χ3n) is 1.72. The second-order valence-electron chi connectivity index (χ2n) is 2.92. The average Bonchev–Trinajstić information content (AvgIpc) is 2.03. The molecule has 69 valence electrons. The Balaban J connectivity index is 3.13. The highest BCUT2D eigenvalue weighted by atomic mass is 79.9. The van der Waals surface area contributed by atoms with Crippen molar-refractivity contribution in [3.8, 4) is 0 Å². The molecule has 0 fully saturated rings. The first-order valence-electron chi connectivity index (χ1n) is 3.77. The molecule has 4 heteroatoms. The maximum atomic E-state index is 10.5. The summed E-state index contributed by atoms with van der Waals surface area (Å²) in [7, 11) is 0. The zero-order valence-corrected chi connectivity index (χ0v) is 8.96. The Hall–Kier alpha value is -0.900. The molecule has 0 aliphatic carbocycles. The minimum Gasteiger partial charge on any atom is -0.258 e. The molecule has 1 radical (unpaired) electrons. The Morgan fingerprint density at radius 2 is 2.08 bits per heavy atom. The van der Waals surface area contributed by atoms with Crippen LogP contribution in [0, 0.1) is 16.0 Å². The van der Waals surface area contributed by atoms with Gasteiger partial charge in [0.15, 0.2) is 0 Å². The van der Waals surface area contributed by atoms with Crippen LogP contribution in [0.1, 0.15) is 19.4 Å². The van der Waals surface area contributed by atoms with E-state index in [0.717, 1.165) is 11.5 Å². The van der Waals surface area contributed by atoms with Crippen LogP contribution in [0.25, 0.3) is 0 Å². The van der Waals surface area contributed by atoms with E-state index in [1.807, 2.05) is 13.8 Å². The molecule has 1 aromatic rings. The van der Waals surface area contributed by atoms with Gasteiger partial charge in [0.1, 0.15) is 0 Å². The lowest BCUT2D eigenvalue weighted by molar-refractivity contribution is -0.385. The van der Waals surface area contributed by atoms with Crippen molar-refractivity contribution in [1.82, 2.24) is 0 Å². The lowest BCUT2D eigenvalue weighted by Gasteiger charge is -2.04. The van der Waals surface area contributed by atoms with Crippen LogP contribution >= 0.6 is 15.9 Å². The highest BCUT2D eigenvalue weighted by Gasteiger charge is 2.12. The summed E-state index contributed by atoms with van der Waals surface area (Å²) in [6.45, 7) is 3.93. The first-order chi connectivity index (χ1) is 6.02. The third-order valence-corrected chi connectivity index (χ3v) is 2.36. The molecular formula is C9H9BrNO2. The van der Waals surface area contributed by atoms with Gasteiger partial charge in [-0.25, -0.2) is 0 Å². The number of nitro benzene ring substituents is 1. The van der Waals surface area contributed by atoms with Gasteiger partial charge in [-0.3, -0.25) is 10.1 Å². The van der Waals surface area contributed by atoms with E-state index in [1.54, 1.807) is 12.1 Å². The predicted octanol–water partition coefficient (Wildman–Crippen LogP) is 3.32. The highest BCUT2D eigenvalue weighted by molar-refractivity contribution is 9.10. The summed E-state index contributed by atoms with van der Waals surface area (Å²) in [5.74, 6) is 1.13. The second kappa shape index (κ2) is 3.87. The SMILES string of the molecule is C[C](C)c1ccc([N+](=O)[O-])c(Br)c1. The molecule has 0 N–H and O–H groups in total. The molecule has 0 heterocycles.